The van der Waals surface area contributed by atoms with E-state index >= 15 is 0 Å². The van der Waals surface area contributed by atoms with E-state index in [-0.39, 0.29) is 5.41 Å². The molecule has 2 aromatic heterocycles. The third-order valence-electron chi connectivity index (χ3n) is 7.27. The van der Waals surface area contributed by atoms with Gasteiger partial charge in [-0.2, -0.15) is 0 Å². The van der Waals surface area contributed by atoms with Gasteiger partial charge in [0, 0.05) is 21.8 Å². The Kier molecular flexibility index (Phi) is 3.85. The average Bonchev–Trinajstić information content (AvgIpc) is 3.39. The lowest BCUT2D eigenvalue weighted by Crippen LogP contribution is -2.10. The molecule has 0 saturated carbocycles. The molecule has 34 heavy (non-hydrogen) atoms. The van der Waals surface area contributed by atoms with Crippen LogP contribution in [0.15, 0.2) is 97.1 Å². The average molecular weight is 439 g/mol. The van der Waals surface area contributed by atoms with Gasteiger partial charge in [0.05, 0.1) is 22.1 Å². The Hall–Kier alpha value is -4.04. The first-order chi connectivity index (χ1) is 16.5. The molecule has 0 bridgehead atoms. The second-order valence-corrected chi connectivity index (χ2v) is 10.3. The Labute approximate surface area is 198 Å². The summed E-state index contributed by atoms with van der Waals surface area (Å²) in [5.74, 6) is 0. The molecular weight excluding hydrogens is 412 g/mol. The van der Waals surface area contributed by atoms with Gasteiger partial charge in [-0.05, 0) is 51.4 Å². The number of nitrogens with zero attached hydrogens (tertiary/aromatic N) is 1. The van der Waals surface area contributed by atoms with E-state index < -0.39 is 0 Å². The number of hydrogen-bond donors (Lipinski definition) is 1. The van der Waals surface area contributed by atoms with Gasteiger partial charge in [0.2, 0.25) is 0 Å². The van der Waals surface area contributed by atoms with E-state index in [4.69, 9.17) is 0 Å². The molecule has 0 spiro atoms. The number of rotatable bonds is 1. The molecule has 2 heteroatoms. The lowest BCUT2D eigenvalue weighted by molar-refractivity contribution is 0.591. The van der Waals surface area contributed by atoms with E-state index in [1.165, 1.54) is 65.6 Å². The van der Waals surface area contributed by atoms with E-state index in [0.717, 1.165) is 0 Å². The first kappa shape index (κ1) is 19.4. The summed E-state index contributed by atoms with van der Waals surface area (Å²) in [4.78, 5) is 3.90. The SMILES string of the molecule is CC(C)(C)c1ccc2c(c1)c1[nH]c3c4ccccc4c4ccccc4c3c1n2-c1ccccc1. The first-order valence-electron chi connectivity index (χ1n) is 12.0. The van der Waals surface area contributed by atoms with Gasteiger partial charge in [0.15, 0.2) is 0 Å². The summed E-state index contributed by atoms with van der Waals surface area (Å²) in [5, 5.41) is 7.72. The summed E-state index contributed by atoms with van der Waals surface area (Å²) in [7, 11) is 0. The highest BCUT2D eigenvalue weighted by atomic mass is 15.0. The zero-order valence-electron chi connectivity index (χ0n) is 19.7. The molecule has 0 fully saturated rings. The van der Waals surface area contributed by atoms with Crippen molar-refractivity contribution in [1.29, 1.82) is 0 Å². The maximum atomic E-state index is 3.90. The lowest BCUT2D eigenvalue weighted by atomic mass is 9.86. The third kappa shape index (κ3) is 2.57. The van der Waals surface area contributed by atoms with E-state index in [2.05, 4.69) is 127 Å². The van der Waals surface area contributed by atoms with Gasteiger partial charge < -0.3 is 9.55 Å². The van der Waals surface area contributed by atoms with Crippen LogP contribution in [-0.4, -0.2) is 9.55 Å². The Morgan fingerprint density at radius 2 is 1.21 bits per heavy atom. The number of nitrogens with one attached hydrogen (secondary N) is 1. The Bertz CT molecular complexity index is 1880. The molecular formula is C32H26N2. The van der Waals surface area contributed by atoms with Crippen LogP contribution in [0.1, 0.15) is 26.3 Å². The largest absolute Gasteiger partial charge is 0.352 e. The fourth-order valence-electron chi connectivity index (χ4n) is 5.61. The van der Waals surface area contributed by atoms with Crippen LogP contribution >= 0.6 is 0 Å². The van der Waals surface area contributed by atoms with Gasteiger partial charge in [-0.3, -0.25) is 0 Å². The molecule has 0 aliphatic rings. The minimum absolute atomic E-state index is 0.0841. The second kappa shape index (κ2) is 6.74. The summed E-state index contributed by atoms with van der Waals surface area (Å²) in [6.45, 7) is 6.85. The molecule has 2 heterocycles. The van der Waals surface area contributed by atoms with Gasteiger partial charge >= 0.3 is 0 Å². The Morgan fingerprint density at radius 3 is 1.91 bits per heavy atom. The lowest BCUT2D eigenvalue weighted by Gasteiger charge is -2.19. The summed E-state index contributed by atoms with van der Waals surface area (Å²) in [5.41, 5.74) is 7.53. The number of fused-ring (bicyclic) bond motifs is 10. The minimum atomic E-state index is 0.0841. The van der Waals surface area contributed by atoms with Crippen molar-refractivity contribution in [3.63, 3.8) is 0 Å². The molecule has 7 rings (SSSR count). The number of aromatic amines is 1. The van der Waals surface area contributed by atoms with Crippen molar-refractivity contribution in [2.45, 2.75) is 26.2 Å². The molecule has 2 nitrogen and oxygen atoms in total. The van der Waals surface area contributed by atoms with Crippen LogP contribution in [0.3, 0.4) is 0 Å². The molecule has 0 aliphatic heterocycles. The highest BCUT2D eigenvalue weighted by Gasteiger charge is 2.23. The maximum Gasteiger partial charge on any atom is 0.0804 e. The van der Waals surface area contributed by atoms with Crippen LogP contribution < -0.4 is 0 Å². The van der Waals surface area contributed by atoms with E-state index in [1.807, 2.05) is 0 Å². The quantitative estimate of drug-likeness (QED) is 0.247. The Balaban J connectivity index is 1.79. The zero-order chi connectivity index (χ0) is 23.0. The fourth-order valence-corrected chi connectivity index (χ4v) is 5.61. The van der Waals surface area contributed by atoms with Crippen LogP contribution in [0, 0.1) is 0 Å². The van der Waals surface area contributed by atoms with Crippen LogP contribution in [0.2, 0.25) is 0 Å². The zero-order valence-corrected chi connectivity index (χ0v) is 19.7. The summed E-state index contributed by atoms with van der Waals surface area (Å²) in [6.07, 6.45) is 0. The third-order valence-corrected chi connectivity index (χ3v) is 7.27. The molecule has 0 aliphatic carbocycles. The van der Waals surface area contributed by atoms with E-state index in [9.17, 15) is 0 Å². The highest BCUT2D eigenvalue weighted by molar-refractivity contribution is 6.33. The number of hydrogen-bond acceptors (Lipinski definition) is 0. The van der Waals surface area contributed by atoms with Gasteiger partial charge in [-0.25, -0.2) is 0 Å². The second-order valence-electron chi connectivity index (χ2n) is 10.3. The number of benzene rings is 5. The van der Waals surface area contributed by atoms with Crippen LogP contribution in [-0.2, 0) is 5.41 Å². The number of H-pyrrole nitrogens is 1. The highest BCUT2D eigenvalue weighted by Crippen LogP contribution is 2.43. The van der Waals surface area contributed by atoms with Gasteiger partial charge in [0.25, 0.3) is 0 Å². The van der Waals surface area contributed by atoms with Crippen LogP contribution in [0.5, 0.6) is 0 Å². The summed E-state index contributed by atoms with van der Waals surface area (Å²) >= 11 is 0. The normalized spacial score (nSPS) is 12.6. The number of aromatic nitrogens is 2. The van der Waals surface area contributed by atoms with Crippen molar-refractivity contribution in [3.05, 3.63) is 103 Å². The van der Waals surface area contributed by atoms with E-state index in [1.54, 1.807) is 0 Å². The molecule has 164 valence electrons. The van der Waals surface area contributed by atoms with Crippen molar-refractivity contribution in [3.8, 4) is 5.69 Å². The van der Waals surface area contributed by atoms with Crippen molar-refractivity contribution >= 4 is 54.4 Å². The first-order valence-corrected chi connectivity index (χ1v) is 12.0. The predicted molar refractivity (Wildman–Crippen MR) is 146 cm³/mol. The van der Waals surface area contributed by atoms with Crippen molar-refractivity contribution in [2.24, 2.45) is 0 Å². The smallest absolute Gasteiger partial charge is 0.0804 e. The molecule has 7 aromatic rings. The minimum Gasteiger partial charge on any atom is -0.352 e. The van der Waals surface area contributed by atoms with Crippen LogP contribution in [0.4, 0.5) is 0 Å². The molecule has 0 unspecified atom stereocenters. The summed E-state index contributed by atoms with van der Waals surface area (Å²) in [6, 6.07) is 35.3. The predicted octanol–water partition coefficient (Wildman–Crippen LogP) is 8.87. The van der Waals surface area contributed by atoms with Gasteiger partial charge in [0.1, 0.15) is 0 Å². The topological polar surface area (TPSA) is 20.7 Å². The molecule has 5 aromatic carbocycles. The number of para-hydroxylation sites is 1. The molecule has 0 radical (unpaired) electrons. The van der Waals surface area contributed by atoms with E-state index in [0.29, 0.717) is 0 Å². The molecule has 1 N–H and O–H groups in total. The monoisotopic (exact) mass is 438 g/mol. The maximum absolute atomic E-state index is 3.90. The Morgan fingerprint density at radius 1 is 0.588 bits per heavy atom. The molecule has 0 amide bonds. The molecule has 0 saturated heterocycles. The van der Waals surface area contributed by atoms with Crippen molar-refractivity contribution < 1.29 is 0 Å². The van der Waals surface area contributed by atoms with Crippen molar-refractivity contribution in [2.75, 3.05) is 0 Å². The van der Waals surface area contributed by atoms with Crippen molar-refractivity contribution in [1.82, 2.24) is 9.55 Å². The van der Waals surface area contributed by atoms with Gasteiger partial charge in [-0.1, -0.05) is 93.6 Å². The van der Waals surface area contributed by atoms with Crippen LogP contribution in [0.25, 0.3) is 60.1 Å². The van der Waals surface area contributed by atoms with Gasteiger partial charge in [-0.15, -0.1) is 0 Å². The standard InChI is InChI=1S/C32H26N2/c1-32(2,3)20-17-18-27-26(19-20)30-31(34(27)21-11-5-4-6-12-21)28-24-15-9-7-13-22(24)23-14-8-10-16-25(23)29(28)33-30/h4-19,33H,1-3H3. The summed E-state index contributed by atoms with van der Waals surface area (Å²) < 4.78 is 2.44. The fraction of sp³-hybridized carbons (Fsp3) is 0.125. The molecule has 0 atom stereocenters.